The summed E-state index contributed by atoms with van der Waals surface area (Å²) in [6.07, 6.45) is 12.8. The van der Waals surface area contributed by atoms with Gasteiger partial charge >= 0.3 is 0 Å². The first-order valence-electron chi connectivity index (χ1n) is 14.7. The molecule has 0 amide bonds. The lowest BCUT2D eigenvalue weighted by Gasteiger charge is -2.28. The van der Waals surface area contributed by atoms with Crippen LogP contribution in [0.15, 0.2) is 77.8 Å². The molecule has 0 saturated carbocycles. The Balaban J connectivity index is 1.38. The molecule has 224 valence electrons. The predicted molar refractivity (Wildman–Crippen MR) is 177 cm³/mol. The van der Waals surface area contributed by atoms with Crippen molar-refractivity contribution in [3.05, 3.63) is 89.2 Å². The molecule has 0 bridgehead atoms. The average molecular weight is 596 g/mol. The number of thiazole rings is 1. The Kier molecular flexibility index (Phi) is 8.71. The van der Waals surface area contributed by atoms with Gasteiger partial charge in [0.25, 0.3) is 0 Å². The fourth-order valence-electron chi connectivity index (χ4n) is 5.15. The monoisotopic (exact) mass is 595 g/mol. The molecular formula is C33H41N9S. The maximum Gasteiger partial charge on any atom is 0.190 e. The van der Waals surface area contributed by atoms with Crippen molar-refractivity contribution in [2.45, 2.75) is 66.3 Å². The molecule has 1 atom stereocenters. The summed E-state index contributed by atoms with van der Waals surface area (Å²) in [5.74, 6) is 2.02. The standard InChI is InChI=1S/C33H41N9S/c1-7-21(2)29-24(25-19-37-42(23(25)4)20-33(5)15-9-8-10-16-33)13-14-28(39-29)41(6)27(34)18-22(3)30(35)40-32-38-26-12-11-17-36-31(26)43-32/h9-14,17-19,21H,7,15-16,20,34-35H2,1-6H3,(H,38,40)/b27-18+,30-22+. The van der Waals surface area contributed by atoms with Crippen LogP contribution in [0.1, 0.15) is 64.3 Å². The van der Waals surface area contributed by atoms with Gasteiger partial charge in [-0.1, -0.05) is 32.1 Å². The molecule has 0 aliphatic heterocycles. The lowest BCUT2D eigenvalue weighted by atomic mass is 9.81. The van der Waals surface area contributed by atoms with Gasteiger partial charge < -0.3 is 21.7 Å². The Morgan fingerprint density at radius 1 is 1.21 bits per heavy atom. The van der Waals surface area contributed by atoms with Crippen LogP contribution in [0.5, 0.6) is 0 Å². The first-order valence-corrected chi connectivity index (χ1v) is 15.5. The maximum absolute atomic E-state index is 6.56. The molecule has 1 aliphatic carbocycles. The number of hydrogen-bond donors (Lipinski definition) is 3. The van der Waals surface area contributed by atoms with Gasteiger partial charge in [0.15, 0.2) is 5.13 Å². The van der Waals surface area contributed by atoms with Crippen molar-refractivity contribution in [1.29, 1.82) is 0 Å². The fraction of sp³-hybridized carbons (Fsp3) is 0.364. The van der Waals surface area contributed by atoms with Crippen LogP contribution in [0.4, 0.5) is 10.9 Å². The molecule has 0 aromatic carbocycles. The van der Waals surface area contributed by atoms with Crippen LogP contribution < -0.4 is 21.7 Å². The molecule has 0 radical (unpaired) electrons. The summed E-state index contributed by atoms with van der Waals surface area (Å²) in [7, 11) is 1.92. The molecule has 43 heavy (non-hydrogen) atoms. The van der Waals surface area contributed by atoms with E-state index < -0.39 is 0 Å². The number of nitrogens with zero attached hydrogens (tertiary/aromatic N) is 6. The molecule has 4 heterocycles. The highest BCUT2D eigenvalue weighted by Crippen LogP contribution is 2.36. The van der Waals surface area contributed by atoms with E-state index in [2.05, 4.69) is 71.6 Å². The molecular weight excluding hydrogens is 554 g/mol. The highest BCUT2D eigenvalue weighted by atomic mass is 32.1. The molecule has 0 saturated heterocycles. The van der Waals surface area contributed by atoms with Gasteiger partial charge in [0.1, 0.15) is 27.8 Å². The number of aromatic nitrogens is 5. The number of allylic oxidation sites excluding steroid dienone is 3. The Hall–Kier alpha value is -4.40. The summed E-state index contributed by atoms with van der Waals surface area (Å²) in [6.45, 7) is 11.6. The van der Waals surface area contributed by atoms with Crippen LogP contribution in [-0.4, -0.2) is 31.8 Å². The van der Waals surface area contributed by atoms with Crippen LogP contribution in [0, 0.1) is 12.3 Å². The zero-order valence-corrected chi connectivity index (χ0v) is 26.7. The van der Waals surface area contributed by atoms with Crippen molar-refractivity contribution in [2.75, 3.05) is 17.3 Å². The Morgan fingerprint density at radius 2 is 1.98 bits per heavy atom. The van der Waals surface area contributed by atoms with Crippen molar-refractivity contribution in [3.8, 4) is 11.1 Å². The van der Waals surface area contributed by atoms with E-state index in [1.807, 2.05) is 49.3 Å². The molecule has 0 spiro atoms. The first kappa shape index (κ1) is 30.1. The maximum atomic E-state index is 6.56. The molecule has 10 heteroatoms. The Bertz CT molecular complexity index is 1710. The van der Waals surface area contributed by atoms with E-state index in [0.29, 0.717) is 16.8 Å². The van der Waals surface area contributed by atoms with Gasteiger partial charge in [0.05, 0.1) is 11.9 Å². The summed E-state index contributed by atoms with van der Waals surface area (Å²) in [5, 5.41) is 8.67. The van der Waals surface area contributed by atoms with Crippen LogP contribution in [-0.2, 0) is 6.54 Å². The Morgan fingerprint density at radius 3 is 2.70 bits per heavy atom. The fourth-order valence-corrected chi connectivity index (χ4v) is 5.97. The average Bonchev–Trinajstić information content (AvgIpc) is 3.58. The number of hydrogen-bond acceptors (Lipinski definition) is 9. The van der Waals surface area contributed by atoms with E-state index in [9.17, 15) is 0 Å². The van der Waals surface area contributed by atoms with Gasteiger partial charge in [-0.25, -0.2) is 15.0 Å². The van der Waals surface area contributed by atoms with Crippen LogP contribution in [0.25, 0.3) is 21.5 Å². The first-order chi connectivity index (χ1) is 20.6. The molecule has 1 unspecified atom stereocenters. The second kappa shape index (κ2) is 12.5. The molecule has 5 N–H and O–H groups in total. The lowest BCUT2D eigenvalue weighted by molar-refractivity contribution is 0.259. The third-order valence-corrected chi connectivity index (χ3v) is 9.16. The molecule has 9 nitrogen and oxygen atoms in total. The minimum Gasteiger partial charge on any atom is -0.385 e. The summed E-state index contributed by atoms with van der Waals surface area (Å²) < 4.78 is 2.14. The molecule has 4 aromatic rings. The van der Waals surface area contributed by atoms with Gasteiger partial charge in [-0.05, 0) is 92.5 Å². The number of nitrogens with one attached hydrogen (secondary N) is 1. The summed E-state index contributed by atoms with van der Waals surface area (Å²) in [6, 6.07) is 7.96. The van der Waals surface area contributed by atoms with Crippen LogP contribution in [0.3, 0.4) is 0 Å². The third kappa shape index (κ3) is 6.50. The molecule has 4 aromatic heterocycles. The van der Waals surface area contributed by atoms with E-state index >= 15 is 0 Å². The van der Waals surface area contributed by atoms with E-state index in [1.165, 1.54) is 11.3 Å². The zero-order valence-electron chi connectivity index (χ0n) is 25.8. The summed E-state index contributed by atoms with van der Waals surface area (Å²) in [4.78, 5) is 16.8. The van der Waals surface area contributed by atoms with Crippen molar-refractivity contribution in [1.82, 2.24) is 24.7 Å². The minimum absolute atomic E-state index is 0.143. The number of pyridine rings is 2. The number of nitrogens with two attached hydrogens (primary N) is 2. The van der Waals surface area contributed by atoms with E-state index in [-0.39, 0.29) is 11.3 Å². The second-order valence-corrected chi connectivity index (χ2v) is 12.7. The lowest BCUT2D eigenvalue weighted by Crippen LogP contribution is -2.25. The summed E-state index contributed by atoms with van der Waals surface area (Å²) in [5.41, 5.74) is 22.3. The second-order valence-electron chi connectivity index (χ2n) is 11.7. The van der Waals surface area contributed by atoms with Crippen LogP contribution in [0.2, 0.25) is 0 Å². The highest BCUT2D eigenvalue weighted by molar-refractivity contribution is 7.21. The minimum atomic E-state index is 0.143. The predicted octanol–water partition coefficient (Wildman–Crippen LogP) is 6.82. The SMILES string of the molecule is CCC(C)c1nc(N(C)/C(N)=C/C(C)=C(\N)Nc2nc3cccnc3s2)ccc1-c1cnn(CC2(C)CC=C=CC2)c1C. The number of fused-ring (bicyclic) bond motifs is 1. The molecule has 0 fully saturated rings. The van der Waals surface area contributed by atoms with Crippen molar-refractivity contribution < 1.29 is 0 Å². The quantitative estimate of drug-likeness (QED) is 0.135. The van der Waals surface area contributed by atoms with Crippen molar-refractivity contribution in [3.63, 3.8) is 0 Å². The largest absolute Gasteiger partial charge is 0.385 e. The molecule has 5 rings (SSSR count). The van der Waals surface area contributed by atoms with Gasteiger partial charge in [-0.2, -0.15) is 5.10 Å². The molecule has 1 aliphatic rings. The van der Waals surface area contributed by atoms with Gasteiger partial charge in [0.2, 0.25) is 0 Å². The third-order valence-electron chi connectivity index (χ3n) is 8.27. The van der Waals surface area contributed by atoms with E-state index in [1.54, 1.807) is 6.20 Å². The van der Waals surface area contributed by atoms with E-state index in [4.69, 9.17) is 21.5 Å². The van der Waals surface area contributed by atoms with Gasteiger partial charge in [0, 0.05) is 36.6 Å². The van der Waals surface area contributed by atoms with Gasteiger partial charge in [-0.15, -0.1) is 5.73 Å². The number of anilines is 2. The topological polar surface area (TPSA) is 124 Å². The summed E-state index contributed by atoms with van der Waals surface area (Å²) >= 11 is 1.45. The normalized spacial score (nSPS) is 15.9. The van der Waals surface area contributed by atoms with Gasteiger partial charge in [-0.3, -0.25) is 4.68 Å². The van der Waals surface area contributed by atoms with E-state index in [0.717, 1.165) is 70.1 Å². The van der Waals surface area contributed by atoms with Crippen LogP contribution >= 0.6 is 11.3 Å². The Labute approximate surface area is 257 Å². The highest BCUT2D eigenvalue weighted by Gasteiger charge is 2.26. The van der Waals surface area contributed by atoms with Crippen molar-refractivity contribution >= 4 is 32.6 Å². The van der Waals surface area contributed by atoms with Crippen molar-refractivity contribution in [2.24, 2.45) is 16.9 Å². The number of rotatable bonds is 10. The smallest absolute Gasteiger partial charge is 0.190 e. The zero-order chi connectivity index (χ0) is 30.7.